The molecule has 0 spiro atoms. The molecule has 1 saturated carbocycles. The highest BCUT2D eigenvalue weighted by atomic mass is 16.1. The van der Waals surface area contributed by atoms with Gasteiger partial charge in [-0.25, -0.2) is 0 Å². The lowest BCUT2D eigenvalue weighted by molar-refractivity contribution is 0.0539. The number of rotatable bonds is 3. The summed E-state index contributed by atoms with van der Waals surface area (Å²) >= 11 is 0. The first kappa shape index (κ1) is 14.8. The van der Waals surface area contributed by atoms with Crippen molar-refractivity contribution < 1.29 is 4.79 Å². The van der Waals surface area contributed by atoms with Crippen LogP contribution >= 0.6 is 0 Å². The topological polar surface area (TPSA) is 25.2 Å². The SMILES string of the molecule is Cc1cc(C(=O)CN2CCCC3CCCCC32)c(C)n1C. The summed E-state index contributed by atoms with van der Waals surface area (Å²) in [6.45, 7) is 5.85. The number of fused-ring (bicyclic) bond motifs is 1. The lowest BCUT2D eigenvalue weighted by atomic mass is 9.78. The molecule has 3 nitrogen and oxygen atoms in total. The molecular weight excluding hydrogens is 260 g/mol. The molecule has 2 atom stereocenters. The van der Waals surface area contributed by atoms with Crippen molar-refractivity contribution in [3.05, 3.63) is 23.0 Å². The Bertz CT molecular complexity index is 530. The van der Waals surface area contributed by atoms with Crippen molar-refractivity contribution in [1.29, 1.82) is 0 Å². The molecule has 1 aliphatic heterocycles. The normalized spacial score (nSPS) is 26.6. The van der Waals surface area contributed by atoms with Gasteiger partial charge < -0.3 is 4.57 Å². The number of likely N-dealkylation sites (tertiary alicyclic amines) is 1. The Morgan fingerprint density at radius 1 is 1.19 bits per heavy atom. The summed E-state index contributed by atoms with van der Waals surface area (Å²) in [5.41, 5.74) is 3.20. The first-order valence-electron chi connectivity index (χ1n) is 8.48. The number of carbonyl (C=O) groups excluding carboxylic acids is 1. The highest BCUT2D eigenvalue weighted by Crippen LogP contribution is 2.35. The number of Topliss-reactive ketones (excluding diaryl/α,β-unsaturated/α-hetero) is 1. The van der Waals surface area contributed by atoms with Crippen molar-refractivity contribution in [2.24, 2.45) is 13.0 Å². The van der Waals surface area contributed by atoms with Crippen LogP contribution in [0.15, 0.2) is 6.07 Å². The zero-order valence-electron chi connectivity index (χ0n) is 13.7. The molecule has 0 amide bonds. The fourth-order valence-electron chi connectivity index (χ4n) is 4.33. The molecule has 2 heterocycles. The number of piperidine rings is 1. The Kier molecular flexibility index (Phi) is 4.21. The van der Waals surface area contributed by atoms with E-state index in [0.717, 1.165) is 23.7 Å². The zero-order chi connectivity index (χ0) is 15.0. The van der Waals surface area contributed by atoms with E-state index in [4.69, 9.17) is 0 Å². The molecular formula is C18H28N2O. The molecule has 1 saturated heterocycles. The van der Waals surface area contributed by atoms with Gasteiger partial charge in [-0.3, -0.25) is 9.69 Å². The molecule has 21 heavy (non-hydrogen) atoms. The van der Waals surface area contributed by atoms with E-state index in [0.29, 0.717) is 18.4 Å². The monoisotopic (exact) mass is 288 g/mol. The fourth-order valence-corrected chi connectivity index (χ4v) is 4.33. The number of hydrogen-bond donors (Lipinski definition) is 0. The largest absolute Gasteiger partial charge is 0.351 e. The van der Waals surface area contributed by atoms with Gasteiger partial charge in [-0.05, 0) is 58.1 Å². The summed E-state index contributed by atoms with van der Waals surface area (Å²) in [6, 6.07) is 2.72. The molecule has 2 aliphatic rings. The van der Waals surface area contributed by atoms with Crippen molar-refractivity contribution in [3.8, 4) is 0 Å². The minimum Gasteiger partial charge on any atom is -0.351 e. The van der Waals surface area contributed by atoms with Crippen molar-refractivity contribution in [3.63, 3.8) is 0 Å². The summed E-state index contributed by atoms with van der Waals surface area (Å²) in [5.74, 6) is 1.15. The van der Waals surface area contributed by atoms with Gasteiger partial charge in [0.25, 0.3) is 0 Å². The fraction of sp³-hybridized carbons (Fsp3) is 0.722. The van der Waals surface area contributed by atoms with E-state index in [1.54, 1.807) is 0 Å². The van der Waals surface area contributed by atoms with E-state index in [9.17, 15) is 4.79 Å². The average molecular weight is 288 g/mol. The molecule has 0 N–H and O–H groups in total. The Morgan fingerprint density at radius 2 is 1.90 bits per heavy atom. The van der Waals surface area contributed by atoms with Gasteiger partial charge >= 0.3 is 0 Å². The minimum absolute atomic E-state index is 0.308. The van der Waals surface area contributed by atoms with E-state index in [2.05, 4.69) is 29.4 Å². The molecule has 2 fully saturated rings. The Morgan fingerprint density at radius 3 is 2.62 bits per heavy atom. The third kappa shape index (κ3) is 2.80. The standard InChI is InChI=1S/C18H28N2O/c1-13-11-16(14(2)19(13)3)18(21)12-20-10-6-8-15-7-4-5-9-17(15)20/h11,15,17H,4-10,12H2,1-3H3. The van der Waals surface area contributed by atoms with Crippen LogP contribution in [-0.4, -0.2) is 34.4 Å². The Labute approximate surface area is 128 Å². The van der Waals surface area contributed by atoms with Gasteiger partial charge in [-0.15, -0.1) is 0 Å². The number of ketones is 1. The van der Waals surface area contributed by atoms with Gasteiger partial charge in [-0.2, -0.15) is 0 Å². The number of hydrogen-bond acceptors (Lipinski definition) is 2. The van der Waals surface area contributed by atoms with Gasteiger partial charge in [-0.1, -0.05) is 12.8 Å². The third-order valence-electron chi connectivity index (χ3n) is 5.78. The quantitative estimate of drug-likeness (QED) is 0.796. The molecule has 1 aliphatic carbocycles. The first-order valence-corrected chi connectivity index (χ1v) is 8.48. The van der Waals surface area contributed by atoms with E-state index in [-0.39, 0.29) is 0 Å². The highest BCUT2D eigenvalue weighted by molar-refractivity contribution is 5.99. The van der Waals surface area contributed by atoms with E-state index >= 15 is 0 Å². The van der Waals surface area contributed by atoms with E-state index in [1.807, 2.05) is 7.05 Å². The van der Waals surface area contributed by atoms with Crippen LogP contribution in [0.3, 0.4) is 0 Å². The Balaban J connectivity index is 1.72. The smallest absolute Gasteiger partial charge is 0.178 e. The second kappa shape index (κ2) is 5.96. The van der Waals surface area contributed by atoms with Crippen LogP contribution in [0, 0.1) is 19.8 Å². The second-order valence-electron chi connectivity index (χ2n) is 6.99. The maximum atomic E-state index is 12.7. The van der Waals surface area contributed by atoms with Crippen LogP contribution in [0.25, 0.3) is 0 Å². The molecule has 0 bridgehead atoms. The van der Waals surface area contributed by atoms with Gasteiger partial charge in [0.2, 0.25) is 0 Å². The van der Waals surface area contributed by atoms with E-state index < -0.39 is 0 Å². The summed E-state index contributed by atoms with van der Waals surface area (Å²) in [7, 11) is 2.04. The zero-order valence-corrected chi connectivity index (χ0v) is 13.7. The van der Waals surface area contributed by atoms with Crippen molar-refractivity contribution in [2.75, 3.05) is 13.1 Å². The molecule has 0 aromatic carbocycles. The van der Waals surface area contributed by atoms with Gasteiger partial charge in [0.1, 0.15) is 0 Å². The van der Waals surface area contributed by atoms with E-state index in [1.165, 1.54) is 44.2 Å². The number of carbonyl (C=O) groups is 1. The van der Waals surface area contributed by atoms with Crippen LogP contribution in [-0.2, 0) is 7.05 Å². The van der Waals surface area contributed by atoms with Crippen molar-refractivity contribution in [1.82, 2.24) is 9.47 Å². The number of aryl methyl sites for hydroxylation is 1. The van der Waals surface area contributed by atoms with Gasteiger partial charge in [0.05, 0.1) is 6.54 Å². The first-order chi connectivity index (χ1) is 10.1. The molecule has 3 rings (SSSR count). The molecule has 116 valence electrons. The van der Waals surface area contributed by atoms with Crippen LogP contribution in [0.1, 0.15) is 60.3 Å². The average Bonchev–Trinajstić information content (AvgIpc) is 2.75. The number of nitrogens with zero attached hydrogens (tertiary/aromatic N) is 2. The molecule has 2 unspecified atom stereocenters. The van der Waals surface area contributed by atoms with Crippen molar-refractivity contribution in [2.45, 2.75) is 58.4 Å². The summed E-state index contributed by atoms with van der Waals surface area (Å²) in [6.07, 6.45) is 8.04. The van der Waals surface area contributed by atoms with Crippen LogP contribution in [0.2, 0.25) is 0 Å². The third-order valence-corrected chi connectivity index (χ3v) is 5.78. The lowest BCUT2D eigenvalue weighted by Crippen LogP contribution is -2.48. The van der Waals surface area contributed by atoms with Crippen LogP contribution in [0.4, 0.5) is 0 Å². The maximum absolute atomic E-state index is 12.7. The molecule has 0 radical (unpaired) electrons. The predicted molar refractivity (Wildman–Crippen MR) is 85.8 cm³/mol. The highest BCUT2D eigenvalue weighted by Gasteiger charge is 2.34. The maximum Gasteiger partial charge on any atom is 0.178 e. The summed E-state index contributed by atoms with van der Waals surface area (Å²) in [5, 5.41) is 0. The molecule has 1 aromatic heterocycles. The van der Waals surface area contributed by atoms with Gasteiger partial charge in [0.15, 0.2) is 5.78 Å². The van der Waals surface area contributed by atoms with Gasteiger partial charge in [0, 0.05) is 30.0 Å². The van der Waals surface area contributed by atoms with Crippen LogP contribution in [0.5, 0.6) is 0 Å². The van der Waals surface area contributed by atoms with Crippen molar-refractivity contribution >= 4 is 5.78 Å². The van der Waals surface area contributed by atoms with Crippen LogP contribution < -0.4 is 0 Å². The summed E-state index contributed by atoms with van der Waals surface area (Å²) in [4.78, 5) is 15.2. The minimum atomic E-state index is 0.308. The lowest BCUT2D eigenvalue weighted by Gasteiger charge is -2.43. The predicted octanol–water partition coefficient (Wildman–Crippen LogP) is 3.48. The number of aromatic nitrogens is 1. The summed E-state index contributed by atoms with van der Waals surface area (Å²) < 4.78 is 2.12. The second-order valence-corrected chi connectivity index (χ2v) is 6.99. The Hall–Kier alpha value is -1.09. The molecule has 3 heteroatoms. The molecule has 1 aromatic rings.